The molecule has 1 rings (SSSR count). The maximum Gasteiger partial charge on any atom is 0.303 e. The van der Waals surface area contributed by atoms with Gasteiger partial charge < -0.3 is 10.0 Å². The van der Waals surface area contributed by atoms with Crippen LogP contribution in [0.15, 0.2) is 24.3 Å². The van der Waals surface area contributed by atoms with Gasteiger partial charge in [0.15, 0.2) is 0 Å². The molecule has 0 aliphatic heterocycles. The van der Waals surface area contributed by atoms with Crippen LogP contribution < -0.4 is 4.90 Å². The molecule has 0 aliphatic rings. The van der Waals surface area contributed by atoms with E-state index in [9.17, 15) is 4.79 Å². The maximum absolute atomic E-state index is 10.5. The Kier molecular flexibility index (Phi) is 5.29. The van der Waals surface area contributed by atoms with Crippen molar-refractivity contribution in [2.45, 2.75) is 44.4 Å². The van der Waals surface area contributed by atoms with Gasteiger partial charge in [-0.1, -0.05) is 12.1 Å². The van der Waals surface area contributed by atoms with Gasteiger partial charge in [0.2, 0.25) is 0 Å². The van der Waals surface area contributed by atoms with Crippen molar-refractivity contribution in [1.29, 1.82) is 0 Å². The van der Waals surface area contributed by atoms with Crippen LogP contribution in [0.4, 0.5) is 5.69 Å². The van der Waals surface area contributed by atoms with E-state index in [-0.39, 0.29) is 17.2 Å². The standard InChI is InChI=1S/C15H23NO2S/c1-15(2,3)16(4)12-7-5-11(6-8-12)13(19)9-10-14(17)18/h5-8,13,19H,9-10H2,1-4H3,(H,17,18). The van der Waals surface area contributed by atoms with Crippen molar-refractivity contribution in [2.75, 3.05) is 11.9 Å². The van der Waals surface area contributed by atoms with Crippen LogP contribution in [0.25, 0.3) is 0 Å². The van der Waals surface area contributed by atoms with Gasteiger partial charge in [-0.3, -0.25) is 4.79 Å². The Morgan fingerprint density at radius 1 is 1.32 bits per heavy atom. The predicted molar refractivity (Wildman–Crippen MR) is 83.2 cm³/mol. The Morgan fingerprint density at radius 3 is 2.26 bits per heavy atom. The van der Waals surface area contributed by atoms with Gasteiger partial charge in [-0.2, -0.15) is 12.6 Å². The molecule has 0 radical (unpaired) electrons. The number of carbonyl (C=O) groups is 1. The minimum absolute atomic E-state index is 0.0231. The third-order valence-electron chi connectivity index (χ3n) is 3.30. The second kappa shape index (κ2) is 6.33. The van der Waals surface area contributed by atoms with Gasteiger partial charge in [0.25, 0.3) is 0 Å². The van der Waals surface area contributed by atoms with Crippen LogP contribution in [0.2, 0.25) is 0 Å². The van der Waals surface area contributed by atoms with Gasteiger partial charge in [-0.15, -0.1) is 0 Å². The van der Waals surface area contributed by atoms with E-state index in [1.54, 1.807) is 0 Å². The van der Waals surface area contributed by atoms with E-state index in [2.05, 4.69) is 57.5 Å². The van der Waals surface area contributed by atoms with Crippen molar-refractivity contribution >= 4 is 24.3 Å². The third kappa shape index (κ3) is 4.78. The van der Waals surface area contributed by atoms with Crippen molar-refractivity contribution in [3.8, 4) is 0 Å². The molecule has 0 fully saturated rings. The number of anilines is 1. The first-order chi connectivity index (χ1) is 8.71. The smallest absolute Gasteiger partial charge is 0.303 e. The largest absolute Gasteiger partial charge is 0.481 e. The Hall–Kier alpha value is -1.16. The molecule has 3 nitrogen and oxygen atoms in total. The molecule has 0 aromatic heterocycles. The first-order valence-corrected chi connectivity index (χ1v) is 6.97. The van der Waals surface area contributed by atoms with E-state index in [0.29, 0.717) is 6.42 Å². The summed E-state index contributed by atoms with van der Waals surface area (Å²) in [6.45, 7) is 6.49. The van der Waals surface area contributed by atoms with Crippen LogP contribution >= 0.6 is 12.6 Å². The average Bonchev–Trinajstić information content (AvgIpc) is 2.34. The molecule has 1 N–H and O–H groups in total. The van der Waals surface area contributed by atoms with E-state index >= 15 is 0 Å². The molecule has 0 saturated heterocycles. The van der Waals surface area contributed by atoms with Crippen LogP contribution in [-0.4, -0.2) is 23.7 Å². The highest BCUT2D eigenvalue weighted by molar-refractivity contribution is 7.80. The van der Waals surface area contributed by atoms with Gasteiger partial charge >= 0.3 is 5.97 Å². The Balaban J connectivity index is 2.73. The zero-order valence-electron chi connectivity index (χ0n) is 12.1. The molecule has 19 heavy (non-hydrogen) atoms. The first kappa shape index (κ1) is 15.9. The lowest BCUT2D eigenvalue weighted by atomic mass is 10.0. The van der Waals surface area contributed by atoms with E-state index in [0.717, 1.165) is 11.3 Å². The summed E-state index contributed by atoms with van der Waals surface area (Å²) in [5.41, 5.74) is 2.29. The summed E-state index contributed by atoms with van der Waals surface area (Å²) >= 11 is 4.46. The van der Waals surface area contributed by atoms with Gasteiger partial charge in [-0.25, -0.2) is 0 Å². The predicted octanol–water partition coefficient (Wildman–Crippen LogP) is 3.76. The molecule has 1 unspecified atom stereocenters. The van der Waals surface area contributed by atoms with Crippen LogP contribution in [-0.2, 0) is 4.79 Å². The lowest BCUT2D eigenvalue weighted by molar-refractivity contribution is -0.137. The van der Waals surface area contributed by atoms with Crippen LogP contribution in [0.1, 0.15) is 44.4 Å². The average molecular weight is 281 g/mol. The topological polar surface area (TPSA) is 40.5 Å². The molecule has 0 amide bonds. The summed E-state index contributed by atoms with van der Waals surface area (Å²) in [6.07, 6.45) is 0.699. The molecule has 0 bridgehead atoms. The molecule has 106 valence electrons. The van der Waals surface area contributed by atoms with Crippen molar-refractivity contribution in [3.05, 3.63) is 29.8 Å². The number of hydrogen-bond donors (Lipinski definition) is 2. The number of benzene rings is 1. The summed E-state index contributed by atoms with van der Waals surface area (Å²) < 4.78 is 0. The fourth-order valence-electron chi connectivity index (χ4n) is 1.73. The van der Waals surface area contributed by atoms with Crippen molar-refractivity contribution in [1.82, 2.24) is 0 Å². The van der Waals surface area contributed by atoms with E-state index < -0.39 is 5.97 Å². The summed E-state index contributed by atoms with van der Waals surface area (Å²) in [4.78, 5) is 12.8. The quantitative estimate of drug-likeness (QED) is 0.807. The van der Waals surface area contributed by atoms with E-state index in [1.165, 1.54) is 0 Å². The van der Waals surface area contributed by atoms with Crippen LogP contribution in [0.3, 0.4) is 0 Å². The third-order valence-corrected chi connectivity index (χ3v) is 3.86. The minimum atomic E-state index is -0.775. The number of carboxylic acid groups (broad SMARTS) is 1. The van der Waals surface area contributed by atoms with Gasteiger partial charge in [-0.05, 0) is 44.9 Å². The van der Waals surface area contributed by atoms with Crippen LogP contribution in [0.5, 0.6) is 0 Å². The summed E-state index contributed by atoms with van der Waals surface area (Å²) in [7, 11) is 2.07. The lowest BCUT2D eigenvalue weighted by Crippen LogP contribution is -2.37. The normalized spacial score (nSPS) is 13.1. The van der Waals surface area contributed by atoms with E-state index in [1.807, 2.05) is 12.1 Å². The second-order valence-electron chi connectivity index (χ2n) is 5.77. The number of rotatable bonds is 5. The monoisotopic (exact) mass is 281 g/mol. The SMILES string of the molecule is CN(c1ccc(C(S)CCC(=O)O)cc1)C(C)(C)C. The molecule has 0 aliphatic carbocycles. The summed E-state index contributed by atoms with van der Waals surface area (Å²) in [6, 6.07) is 8.17. The number of carboxylic acids is 1. The molecular weight excluding hydrogens is 258 g/mol. The summed E-state index contributed by atoms with van der Waals surface area (Å²) in [5, 5.41) is 8.65. The fraction of sp³-hybridized carbons (Fsp3) is 0.533. The number of hydrogen-bond acceptors (Lipinski definition) is 3. The van der Waals surface area contributed by atoms with Crippen LogP contribution in [0, 0.1) is 0 Å². The molecule has 1 aromatic rings. The molecule has 1 aromatic carbocycles. The van der Waals surface area contributed by atoms with Crippen molar-refractivity contribution in [2.24, 2.45) is 0 Å². The number of nitrogens with zero attached hydrogens (tertiary/aromatic N) is 1. The Labute approximate surface area is 121 Å². The highest BCUT2D eigenvalue weighted by Crippen LogP contribution is 2.28. The Bertz CT molecular complexity index is 423. The Morgan fingerprint density at radius 2 is 1.84 bits per heavy atom. The molecule has 4 heteroatoms. The lowest BCUT2D eigenvalue weighted by Gasteiger charge is -2.34. The maximum atomic E-state index is 10.5. The molecule has 1 atom stereocenters. The number of aliphatic carboxylic acids is 1. The molecular formula is C15H23NO2S. The van der Waals surface area contributed by atoms with Gasteiger partial charge in [0, 0.05) is 29.9 Å². The zero-order chi connectivity index (χ0) is 14.6. The second-order valence-corrected chi connectivity index (χ2v) is 6.39. The number of thiol groups is 1. The molecule has 0 spiro atoms. The highest BCUT2D eigenvalue weighted by Gasteiger charge is 2.17. The van der Waals surface area contributed by atoms with E-state index in [4.69, 9.17) is 5.11 Å². The highest BCUT2D eigenvalue weighted by atomic mass is 32.1. The molecule has 0 heterocycles. The summed E-state index contributed by atoms with van der Waals surface area (Å²) in [5.74, 6) is -0.775. The van der Waals surface area contributed by atoms with Gasteiger partial charge in [0.05, 0.1) is 0 Å². The van der Waals surface area contributed by atoms with Gasteiger partial charge in [0.1, 0.15) is 0 Å². The van der Waals surface area contributed by atoms with Crippen molar-refractivity contribution in [3.63, 3.8) is 0 Å². The zero-order valence-corrected chi connectivity index (χ0v) is 12.9. The molecule has 0 saturated carbocycles. The minimum Gasteiger partial charge on any atom is -0.481 e. The van der Waals surface area contributed by atoms with Crippen molar-refractivity contribution < 1.29 is 9.90 Å². The first-order valence-electron chi connectivity index (χ1n) is 6.45. The fourth-order valence-corrected chi connectivity index (χ4v) is 2.04.